The fourth-order valence-corrected chi connectivity index (χ4v) is 1.36. The van der Waals surface area contributed by atoms with Gasteiger partial charge in [0.1, 0.15) is 0 Å². The van der Waals surface area contributed by atoms with Crippen LogP contribution in [0.4, 0.5) is 5.69 Å². The molecule has 0 unspecified atom stereocenters. The highest BCUT2D eigenvalue weighted by Gasteiger charge is 1.98. The maximum absolute atomic E-state index is 5.88. The maximum Gasteiger partial charge on any atom is 0.0413 e. The largest absolute Gasteiger partial charge is 0.362 e. The maximum atomic E-state index is 5.88. The molecule has 13 heavy (non-hydrogen) atoms. The van der Waals surface area contributed by atoms with Gasteiger partial charge in [-0.1, -0.05) is 24.6 Å². The molecule has 0 aliphatic rings. The Morgan fingerprint density at radius 2 is 2.23 bits per heavy atom. The first kappa shape index (κ1) is 10.1. The van der Waals surface area contributed by atoms with Crippen LogP contribution in [0.15, 0.2) is 30.5 Å². The molecular weight excluding hydrogens is 182 g/mol. The number of hydrogen-bond donors (Lipinski definition) is 1. The highest BCUT2D eigenvalue weighted by molar-refractivity contribution is 6.30. The number of aryl methyl sites for hydroxylation is 1. The molecule has 0 bridgehead atoms. The van der Waals surface area contributed by atoms with Crippen molar-refractivity contribution in [2.75, 3.05) is 5.32 Å². The quantitative estimate of drug-likeness (QED) is 0.773. The lowest BCUT2D eigenvalue weighted by Gasteiger charge is -2.07. The first-order valence-electron chi connectivity index (χ1n) is 4.44. The van der Waals surface area contributed by atoms with E-state index in [-0.39, 0.29) is 0 Å². The van der Waals surface area contributed by atoms with E-state index in [1.807, 2.05) is 37.4 Å². The standard InChI is InChI=1S/C11H14ClN/c1-3-7-13-11-6-5-10(12)8-9(11)4-2/h3,5-8,13H,4H2,1-2H3/b7-3+. The molecular formula is C11H14ClN. The fraction of sp³-hybridized carbons (Fsp3) is 0.273. The summed E-state index contributed by atoms with van der Waals surface area (Å²) >= 11 is 5.88. The van der Waals surface area contributed by atoms with Gasteiger partial charge in [0.25, 0.3) is 0 Å². The number of hydrogen-bond acceptors (Lipinski definition) is 1. The molecule has 0 saturated heterocycles. The van der Waals surface area contributed by atoms with E-state index in [1.54, 1.807) is 0 Å². The third-order valence-electron chi connectivity index (χ3n) is 1.85. The predicted octanol–water partition coefficient (Wildman–Crippen LogP) is 3.85. The number of nitrogens with one attached hydrogen (secondary N) is 1. The molecule has 1 aromatic carbocycles. The van der Waals surface area contributed by atoms with Crippen LogP contribution in [-0.2, 0) is 6.42 Å². The van der Waals surface area contributed by atoms with Crippen molar-refractivity contribution in [3.05, 3.63) is 41.1 Å². The highest BCUT2D eigenvalue weighted by Crippen LogP contribution is 2.20. The minimum absolute atomic E-state index is 0.794. The Balaban J connectivity index is 2.92. The van der Waals surface area contributed by atoms with Crippen LogP contribution in [-0.4, -0.2) is 0 Å². The van der Waals surface area contributed by atoms with Crippen LogP contribution in [0.25, 0.3) is 0 Å². The number of allylic oxidation sites excluding steroid dienone is 1. The van der Waals surface area contributed by atoms with Gasteiger partial charge in [-0.05, 0) is 43.3 Å². The van der Waals surface area contributed by atoms with Crippen molar-refractivity contribution in [2.24, 2.45) is 0 Å². The summed E-state index contributed by atoms with van der Waals surface area (Å²) in [7, 11) is 0. The van der Waals surface area contributed by atoms with Crippen molar-refractivity contribution < 1.29 is 0 Å². The van der Waals surface area contributed by atoms with E-state index in [0.29, 0.717) is 0 Å². The van der Waals surface area contributed by atoms with Crippen molar-refractivity contribution in [3.63, 3.8) is 0 Å². The second kappa shape index (κ2) is 4.93. The molecule has 0 aliphatic carbocycles. The van der Waals surface area contributed by atoms with Gasteiger partial charge < -0.3 is 5.32 Å². The average molecular weight is 196 g/mol. The molecule has 70 valence electrons. The van der Waals surface area contributed by atoms with E-state index < -0.39 is 0 Å². The van der Waals surface area contributed by atoms with Gasteiger partial charge in [0.05, 0.1) is 0 Å². The Morgan fingerprint density at radius 3 is 2.85 bits per heavy atom. The first-order chi connectivity index (χ1) is 6.27. The van der Waals surface area contributed by atoms with Crippen LogP contribution < -0.4 is 5.32 Å². The summed E-state index contributed by atoms with van der Waals surface area (Å²) in [5.74, 6) is 0. The summed E-state index contributed by atoms with van der Waals surface area (Å²) in [4.78, 5) is 0. The second-order valence-corrected chi connectivity index (χ2v) is 3.24. The predicted molar refractivity (Wildman–Crippen MR) is 59.3 cm³/mol. The minimum atomic E-state index is 0.794. The van der Waals surface area contributed by atoms with Crippen LogP contribution in [0.5, 0.6) is 0 Å². The first-order valence-corrected chi connectivity index (χ1v) is 4.81. The van der Waals surface area contributed by atoms with E-state index >= 15 is 0 Å². The van der Waals surface area contributed by atoms with E-state index in [4.69, 9.17) is 11.6 Å². The molecule has 0 amide bonds. The Morgan fingerprint density at radius 1 is 1.46 bits per heavy atom. The van der Waals surface area contributed by atoms with Crippen molar-refractivity contribution in [1.82, 2.24) is 0 Å². The van der Waals surface area contributed by atoms with Gasteiger partial charge in [0, 0.05) is 10.7 Å². The molecule has 1 nitrogen and oxygen atoms in total. The van der Waals surface area contributed by atoms with Gasteiger partial charge in [0.15, 0.2) is 0 Å². The van der Waals surface area contributed by atoms with Gasteiger partial charge in [-0.15, -0.1) is 0 Å². The number of rotatable bonds is 3. The SMILES string of the molecule is C/C=C/Nc1ccc(Cl)cc1CC. The van der Waals surface area contributed by atoms with E-state index in [0.717, 1.165) is 17.1 Å². The average Bonchev–Trinajstić information content (AvgIpc) is 2.16. The van der Waals surface area contributed by atoms with Crippen LogP contribution in [0, 0.1) is 0 Å². The molecule has 0 heterocycles. The number of halogens is 1. The molecule has 0 aromatic heterocycles. The third-order valence-corrected chi connectivity index (χ3v) is 2.09. The Kier molecular flexibility index (Phi) is 3.84. The Labute approximate surface area is 84.4 Å². The summed E-state index contributed by atoms with van der Waals surface area (Å²) < 4.78 is 0. The zero-order valence-electron chi connectivity index (χ0n) is 7.97. The van der Waals surface area contributed by atoms with Gasteiger partial charge in [-0.25, -0.2) is 0 Å². The number of benzene rings is 1. The molecule has 2 heteroatoms. The topological polar surface area (TPSA) is 12.0 Å². The van der Waals surface area contributed by atoms with Gasteiger partial charge in [-0.2, -0.15) is 0 Å². The molecule has 0 aliphatic heterocycles. The summed E-state index contributed by atoms with van der Waals surface area (Å²) in [6, 6.07) is 5.89. The van der Waals surface area contributed by atoms with E-state index in [9.17, 15) is 0 Å². The van der Waals surface area contributed by atoms with Crippen molar-refractivity contribution >= 4 is 17.3 Å². The Hall–Kier alpha value is -0.950. The third kappa shape index (κ3) is 2.78. The molecule has 0 radical (unpaired) electrons. The minimum Gasteiger partial charge on any atom is -0.362 e. The second-order valence-electron chi connectivity index (χ2n) is 2.80. The number of anilines is 1. The zero-order valence-corrected chi connectivity index (χ0v) is 8.73. The molecule has 1 N–H and O–H groups in total. The Bertz CT molecular complexity index is 305. The van der Waals surface area contributed by atoms with E-state index in [2.05, 4.69) is 12.2 Å². The summed E-state index contributed by atoms with van der Waals surface area (Å²) in [6.07, 6.45) is 4.87. The van der Waals surface area contributed by atoms with Crippen LogP contribution >= 0.6 is 11.6 Å². The molecule has 1 aromatic rings. The summed E-state index contributed by atoms with van der Waals surface area (Å²) in [5.41, 5.74) is 2.37. The van der Waals surface area contributed by atoms with Crippen LogP contribution in [0.3, 0.4) is 0 Å². The monoisotopic (exact) mass is 195 g/mol. The normalized spacial score (nSPS) is 10.7. The molecule has 0 atom stereocenters. The summed E-state index contributed by atoms with van der Waals surface area (Å²) in [6.45, 7) is 4.10. The molecule has 0 saturated carbocycles. The molecule has 1 rings (SSSR count). The smallest absolute Gasteiger partial charge is 0.0413 e. The summed E-state index contributed by atoms with van der Waals surface area (Å²) in [5, 5.41) is 4.00. The molecule has 0 fully saturated rings. The lowest BCUT2D eigenvalue weighted by molar-refractivity contribution is 1.14. The van der Waals surface area contributed by atoms with Gasteiger partial charge in [-0.3, -0.25) is 0 Å². The van der Waals surface area contributed by atoms with Crippen molar-refractivity contribution in [1.29, 1.82) is 0 Å². The molecule has 0 spiro atoms. The van der Waals surface area contributed by atoms with Crippen molar-refractivity contribution in [3.8, 4) is 0 Å². The fourth-order valence-electron chi connectivity index (χ4n) is 1.17. The zero-order chi connectivity index (χ0) is 9.68. The van der Waals surface area contributed by atoms with Crippen LogP contribution in [0.2, 0.25) is 5.02 Å². The highest BCUT2D eigenvalue weighted by atomic mass is 35.5. The van der Waals surface area contributed by atoms with E-state index in [1.165, 1.54) is 5.56 Å². The lowest BCUT2D eigenvalue weighted by Crippen LogP contribution is -1.92. The van der Waals surface area contributed by atoms with Crippen LogP contribution in [0.1, 0.15) is 19.4 Å². The van der Waals surface area contributed by atoms with Gasteiger partial charge >= 0.3 is 0 Å². The van der Waals surface area contributed by atoms with Crippen molar-refractivity contribution in [2.45, 2.75) is 20.3 Å². The lowest BCUT2D eigenvalue weighted by atomic mass is 10.1. The van der Waals surface area contributed by atoms with Gasteiger partial charge in [0.2, 0.25) is 0 Å².